The van der Waals surface area contributed by atoms with Gasteiger partial charge >= 0.3 is 0 Å². The molecule has 4 heteroatoms. The van der Waals surface area contributed by atoms with Crippen molar-refractivity contribution < 1.29 is 0 Å². The highest BCUT2D eigenvalue weighted by molar-refractivity contribution is 5.45. The third-order valence-electron chi connectivity index (χ3n) is 3.70. The molecule has 1 aliphatic rings. The fraction of sp³-hybridized carbons (Fsp3) is 0.571. The Morgan fingerprint density at radius 2 is 2.06 bits per heavy atom. The van der Waals surface area contributed by atoms with Crippen LogP contribution in [0, 0.1) is 6.92 Å². The molecule has 0 spiro atoms. The molecule has 0 atom stereocenters. The molecule has 4 nitrogen and oxygen atoms in total. The van der Waals surface area contributed by atoms with Crippen molar-refractivity contribution >= 4 is 5.65 Å². The van der Waals surface area contributed by atoms with Crippen molar-refractivity contribution in [2.45, 2.75) is 32.6 Å². The Morgan fingerprint density at radius 3 is 2.83 bits per heavy atom. The third kappa shape index (κ3) is 2.38. The zero-order chi connectivity index (χ0) is 12.4. The first-order valence-electron chi connectivity index (χ1n) is 6.86. The molecule has 3 rings (SSSR count). The summed E-state index contributed by atoms with van der Waals surface area (Å²) in [6.45, 7) is 5.66. The summed E-state index contributed by atoms with van der Waals surface area (Å²) in [4.78, 5) is 7.15. The number of aromatic nitrogens is 3. The van der Waals surface area contributed by atoms with Gasteiger partial charge in [0.25, 0.3) is 0 Å². The molecule has 0 radical (unpaired) electrons. The molecule has 1 aliphatic heterocycles. The predicted octanol–water partition coefficient (Wildman–Crippen LogP) is 2.07. The summed E-state index contributed by atoms with van der Waals surface area (Å²) in [5.41, 5.74) is 2.18. The van der Waals surface area contributed by atoms with Crippen molar-refractivity contribution in [3.63, 3.8) is 0 Å². The van der Waals surface area contributed by atoms with E-state index in [0.717, 1.165) is 24.4 Å². The van der Waals surface area contributed by atoms with Gasteiger partial charge < -0.3 is 4.90 Å². The van der Waals surface area contributed by atoms with Gasteiger partial charge in [0.1, 0.15) is 0 Å². The number of hydrogen-bond donors (Lipinski definition) is 0. The minimum atomic E-state index is 0.959. The lowest BCUT2D eigenvalue weighted by molar-refractivity contribution is 0.230. The van der Waals surface area contributed by atoms with Crippen LogP contribution in [0.5, 0.6) is 0 Å². The van der Waals surface area contributed by atoms with Crippen LogP contribution in [0.15, 0.2) is 18.3 Å². The van der Waals surface area contributed by atoms with E-state index < -0.39 is 0 Å². The van der Waals surface area contributed by atoms with Crippen LogP contribution in [0.25, 0.3) is 5.65 Å². The quantitative estimate of drug-likeness (QED) is 0.828. The maximum atomic E-state index is 4.62. The van der Waals surface area contributed by atoms with E-state index in [-0.39, 0.29) is 0 Å². The Kier molecular flexibility index (Phi) is 3.28. The average Bonchev–Trinajstić information content (AvgIpc) is 2.82. The molecule has 0 aromatic carbocycles. The molecule has 0 N–H and O–H groups in total. The predicted molar refractivity (Wildman–Crippen MR) is 71.7 cm³/mol. The van der Waals surface area contributed by atoms with Gasteiger partial charge in [0, 0.05) is 19.2 Å². The highest BCUT2D eigenvalue weighted by Gasteiger charge is 2.11. The van der Waals surface area contributed by atoms with Crippen molar-refractivity contribution in [1.29, 1.82) is 0 Å². The van der Waals surface area contributed by atoms with Gasteiger partial charge in [0.15, 0.2) is 11.5 Å². The van der Waals surface area contributed by atoms with Crippen LogP contribution in [-0.2, 0) is 6.42 Å². The van der Waals surface area contributed by atoms with Gasteiger partial charge in [-0.3, -0.25) is 0 Å². The molecule has 3 heterocycles. The summed E-state index contributed by atoms with van der Waals surface area (Å²) in [5.74, 6) is 0.967. The van der Waals surface area contributed by atoms with Gasteiger partial charge in [-0.15, -0.1) is 0 Å². The Balaban J connectivity index is 1.69. The Morgan fingerprint density at radius 1 is 1.22 bits per heavy atom. The van der Waals surface area contributed by atoms with E-state index in [9.17, 15) is 0 Å². The van der Waals surface area contributed by atoms with Crippen LogP contribution in [0.4, 0.5) is 0 Å². The Labute approximate surface area is 108 Å². The Bertz CT molecular complexity index is 526. The van der Waals surface area contributed by atoms with Gasteiger partial charge in [-0.1, -0.05) is 12.5 Å². The number of piperidine rings is 1. The molecule has 2 aromatic heterocycles. The summed E-state index contributed by atoms with van der Waals surface area (Å²) in [7, 11) is 0. The SMILES string of the molecule is Cc1cccn2nc(CCN3CCCCC3)nc12. The second-order valence-corrected chi connectivity index (χ2v) is 5.14. The van der Waals surface area contributed by atoms with Crippen LogP contribution in [0.2, 0.25) is 0 Å². The topological polar surface area (TPSA) is 33.4 Å². The standard InChI is InChI=1S/C14H20N4/c1-12-6-5-10-18-14(12)15-13(16-18)7-11-17-8-3-2-4-9-17/h5-6,10H,2-4,7-9,11H2,1H3. The summed E-state index contributed by atoms with van der Waals surface area (Å²) in [6, 6.07) is 4.10. The molecular formula is C14H20N4. The fourth-order valence-electron chi connectivity index (χ4n) is 2.63. The van der Waals surface area contributed by atoms with E-state index in [1.165, 1.54) is 37.9 Å². The van der Waals surface area contributed by atoms with Gasteiger partial charge in [0.2, 0.25) is 0 Å². The zero-order valence-electron chi connectivity index (χ0n) is 11.0. The van der Waals surface area contributed by atoms with Crippen molar-refractivity contribution in [3.05, 3.63) is 29.7 Å². The molecule has 1 saturated heterocycles. The minimum absolute atomic E-state index is 0.959. The fourth-order valence-corrected chi connectivity index (χ4v) is 2.63. The molecule has 0 aliphatic carbocycles. The highest BCUT2D eigenvalue weighted by Crippen LogP contribution is 2.10. The normalized spacial score (nSPS) is 17.4. The van der Waals surface area contributed by atoms with Crippen molar-refractivity contribution in [2.24, 2.45) is 0 Å². The smallest absolute Gasteiger partial charge is 0.158 e. The molecule has 96 valence electrons. The molecule has 0 saturated carbocycles. The first kappa shape index (κ1) is 11.7. The monoisotopic (exact) mass is 244 g/mol. The molecule has 0 unspecified atom stereocenters. The zero-order valence-corrected chi connectivity index (χ0v) is 11.0. The van der Waals surface area contributed by atoms with E-state index in [0.29, 0.717) is 0 Å². The van der Waals surface area contributed by atoms with Crippen LogP contribution < -0.4 is 0 Å². The van der Waals surface area contributed by atoms with Gasteiger partial charge in [-0.05, 0) is 44.5 Å². The van der Waals surface area contributed by atoms with Crippen LogP contribution in [0.1, 0.15) is 30.7 Å². The second kappa shape index (κ2) is 5.06. The first-order valence-corrected chi connectivity index (χ1v) is 6.86. The molecule has 0 bridgehead atoms. The number of aryl methyl sites for hydroxylation is 1. The minimum Gasteiger partial charge on any atom is -0.303 e. The van der Waals surface area contributed by atoms with Gasteiger partial charge in [0.05, 0.1) is 0 Å². The molecule has 1 fully saturated rings. The number of likely N-dealkylation sites (tertiary alicyclic amines) is 1. The Hall–Kier alpha value is -1.42. The maximum absolute atomic E-state index is 4.62. The lowest BCUT2D eigenvalue weighted by Gasteiger charge is -2.25. The summed E-state index contributed by atoms with van der Waals surface area (Å²) in [5, 5.41) is 4.54. The first-order chi connectivity index (χ1) is 8.83. The largest absolute Gasteiger partial charge is 0.303 e. The van der Waals surface area contributed by atoms with Crippen molar-refractivity contribution in [1.82, 2.24) is 19.5 Å². The highest BCUT2D eigenvalue weighted by atomic mass is 15.3. The van der Waals surface area contributed by atoms with Crippen LogP contribution in [-0.4, -0.2) is 39.1 Å². The molecule has 2 aromatic rings. The molecular weight excluding hydrogens is 224 g/mol. The van der Waals surface area contributed by atoms with E-state index in [4.69, 9.17) is 0 Å². The number of rotatable bonds is 3. The lowest BCUT2D eigenvalue weighted by Crippen LogP contribution is -2.31. The summed E-state index contributed by atoms with van der Waals surface area (Å²) >= 11 is 0. The van der Waals surface area contributed by atoms with E-state index in [2.05, 4.69) is 28.0 Å². The lowest BCUT2D eigenvalue weighted by atomic mass is 10.1. The third-order valence-corrected chi connectivity index (χ3v) is 3.70. The summed E-state index contributed by atoms with van der Waals surface area (Å²) < 4.78 is 1.89. The number of nitrogens with zero attached hydrogens (tertiary/aromatic N) is 4. The van der Waals surface area contributed by atoms with E-state index in [1.54, 1.807) is 0 Å². The van der Waals surface area contributed by atoms with Crippen LogP contribution >= 0.6 is 0 Å². The molecule has 18 heavy (non-hydrogen) atoms. The van der Waals surface area contributed by atoms with Crippen LogP contribution in [0.3, 0.4) is 0 Å². The molecule has 0 amide bonds. The summed E-state index contributed by atoms with van der Waals surface area (Å²) in [6.07, 6.45) is 7.01. The van der Waals surface area contributed by atoms with Gasteiger partial charge in [-0.2, -0.15) is 5.10 Å². The number of pyridine rings is 1. The van der Waals surface area contributed by atoms with Crippen molar-refractivity contribution in [2.75, 3.05) is 19.6 Å². The van der Waals surface area contributed by atoms with Crippen molar-refractivity contribution in [3.8, 4) is 0 Å². The average molecular weight is 244 g/mol. The maximum Gasteiger partial charge on any atom is 0.158 e. The van der Waals surface area contributed by atoms with E-state index in [1.807, 2.05) is 16.8 Å². The number of fused-ring (bicyclic) bond motifs is 1. The van der Waals surface area contributed by atoms with E-state index >= 15 is 0 Å². The number of hydrogen-bond acceptors (Lipinski definition) is 3. The van der Waals surface area contributed by atoms with Gasteiger partial charge in [-0.25, -0.2) is 9.50 Å². The second-order valence-electron chi connectivity index (χ2n) is 5.14.